The first kappa shape index (κ1) is 15.0. The number of amides is 1. The van der Waals surface area contributed by atoms with Gasteiger partial charge in [-0.15, -0.1) is 0 Å². The number of anilines is 1. The van der Waals surface area contributed by atoms with E-state index in [9.17, 15) is 9.90 Å². The molecular formula is C16H24N2O2. The van der Waals surface area contributed by atoms with Crippen LogP contribution in [0, 0.1) is 0 Å². The molecule has 1 amide bonds. The van der Waals surface area contributed by atoms with Crippen LogP contribution in [0.5, 0.6) is 0 Å². The number of hydrogen-bond acceptors (Lipinski definition) is 3. The number of hydrogen-bond donors (Lipinski definition) is 3. The number of benzene rings is 1. The smallest absolute Gasteiger partial charge is 0.241 e. The molecule has 0 aliphatic carbocycles. The highest BCUT2D eigenvalue weighted by atomic mass is 16.3. The second-order valence-corrected chi connectivity index (χ2v) is 6.57. The van der Waals surface area contributed by atoms with E-state index in [2.05, 4.69) is 10.6 Å². The Morgan fingerprint density at radius 2 is 1.90 bits per heavy atom. The van der Waals surface area contributed by atoms with Crippen LogP contribution in [-0.2, 0) is 11.2 Å². The van der Waals surface area contributed by atoms with Gasteiger partial charge in [0.05, 0.1) is 11.6 Å². The normalized spacial score (nSPS) is 20.1. The van der Waals surface area contributed by atoms with E-state index >= 15 is 0 Å². The number of rotatable bonds is 3. The molecule has 4 nitrogen and oxygen atoms in total. The highest BCUT2D eigenvalue weighted by Crippen LogP contribution is 2.25. The van der Waals surface area contributed by atoms with Gasteiger partial charge in [-0.1, -0.05) is 18.2 Å². The van der Waals surface area contributed by atoms with Crippen molar-refractivity contribution in [3.63, 3.8) is 0 Å². The Labute approximate surface area is 120 Å². The summed E-state index contributed by atoms with van der Waals surface area (Å²) in [5.41, 5.74) is 0.590. The van der Waals surface area contributed by atoms with Crippen LogP contribution >= 0.6 is 0 Å². The molecular weight excluding hydrogens is 252 g/mol. The third-order valence-corrected chi connectivity index (χ3v) is 4.36. The number of carbonyl (C=O) groups is 1. The van der Waals surface area contributed by atoms with Crippen molar-refractivity contribution >= 4 is 11.6 Å². The molecule has 1 atom stereocenters. The maximum Gasteiger partial charge on any atom is 0.241 e. The molecule has 0 spiro atoms. The average molecular weight is 276 g/mol. The Balaban J connectivity index is 2.15. The number of fused-ring (bicyclic) bond motifs is 1. The van der Waals surface area contributed by atoms with Crippen LogP contribution in [0.4, 0.5) is 5.69 Å². The van der Waals surface area contributed by atoms with Gasteiger partial charge < -0.3 is 10.4 Å². The molecule has 1 aliphatic heterocycles. The number of aliphatic hydroxyl groups is 1. The van der Waals surface area contributed by atoms with Crippen molar-refractivity contribution in [1.82, 2.24) is 5.32 Å². The first-order valence-electron chi connectivity index (χ1n) is 7.09. The zero-order chi connectivity index (χ0) is 15.0. The summed E-state index contributed by atoms with van der Waals surface area (Å²) in [6.45, 7) is 7.34. The number of nitrogens with one attached hydrogen (secondary N) is 2. The van der Waals surface area contributed by atoms with Crippen molar-refractivity contribution in [2.75, 3.05) is 5.32 Å². The molecule has 0 fully saturated rings. The van der Waals surface area contributed by atoms with Gasteiger partial charge in [0.2, 0.25) is 5.91 Å². The van der Waals surface area contributed by atoms with Crippen LogP contribution in [0.25, 0.3) is 0 Å². The Bertz CT molecular complexity index is 503. The number of carbonyl (C=O) groups excluding carboxylic acids is 1. The summed E-state index contributed by atoms with van der Waals surface area (Å²) in [6.07, 6.45) is 1.57. The minimum absolute atomic E-state index is 0.0349. The second kappa shape index (κ2) is 5.19. The molecule has 1 aromatic rings. The predicted octanol–water partition coefficient (Wildman–Crippen LogP) is 2.08. The average Bonchev–Trinajstić information content (AvgIpc) is 2.48. The number of aryl methyl sites for hydroxylation is 1. The highest BCUT2D eigenvalue weighted by Gasteiger charge is 2.38. The summed E-state index contributed by atoms with van der Waals surface area (Å²) < 4.78 is 0. The van der Waals surface area contributed by atoms with Gasteiger partial charge in [0.25, 0.3) is 0 Å². The van der Waals surface area contributed by atoms with E-state index in [1.807, 2.05) is 38.1 Å². The van der Waals surface area contributed by atoms with Crippen LogP contribution in [0.2, 0.25) is 0 Å². The molecule has 0 saturated heterocycles. The molecule has 110 valence electrons. The van der Waals surface area contributed by atoms with E-state index in [-0.39, 0.29) is 11.9 Å². The van der Waals surface area contributed by atoms with E-state index in [4.69, 9.17) is 0 Å². The maximum absolute atomic E-state index is 12.3. The fraction of sp³-hybridized carbons (Fsp3) is 0.562. The minimum atomic E-state index is -0.910. The molecule has 0 aromatic heterocycles. The third kappa shape index (κ3) is 3.02. The van der Waals surface area contributed by atoms with Gasteiger partial charge in [0.1, 0.15) is 0 Å². The molecule has 1 aliphatic rings. The minimum Gasteiger partial charge on any atom is -0.389 e. The maximum atomic E-state index is 12.3. The molecule has 4 heteroatoms. The van der Waals surface area contributed by atoms with Gasteiger partial charge in [-0.25, -0.2) is 0 Å². The Hall–Kier alpha value is -1.39. The molecule has 1 aromatic carbocycles. The van der Waals surface area contributed by atoms with E-state index in [1.54, 1.807) is 13.8 Å². The molecule has 1 unspecified atom stereocenters. The van der Waals surface area contributed by atoms with Gasteiger partial charge in [-0.05, 0) is 52.2 Å². The SMILES string of the molecule is CC(C)(O)C(C)(C)NC1CCc2ccccc2NC1=O. The number of para-hydroxylation sites is 1. The van der Waals surface area contributed by atoms with E-state index in [0.29, 0.717) is 0 Å². The standard InChI is InChI=1S/C16H24N2O2/c1-15(2,16(3,4)20)18-13-10-9-11-7-5-6-8-12(11)17-14(13)19/h5-8,13,18,20H,9-10H2,1-4H3,(H,17,19). The van der Waals surface area contributed by atoms with Gasteiger partial charge >= 0.3 is 0 Å². The summed E-state index contributed by atoms with van der Waals surface area (Å²) in [5.74, 6) is -0.0349. The topological polar surface area (TPSA) is 61.4 Å². The van der Waals surface area contributed by atoms with Crippen molar-refractivity contribution in [2.24, 2.45) is 0 Å². The quantitative estimate of drug-likeness (QED) is 0.792. The molecule has 3 N–H and O–H groups in total. The first-order valence-corrected chi connectivity index (χ1v) is 7.09. The third-order valence-electron chi connectivity index (χ3n) is 4.36. The lowest BCUT2D eigenvalue weighted by Crippen LogP contribution is -2.61. The zero-order valence-corrected chi connectivity index (χ0v) is 12.7. The molecule has 20 heavy (non-hydrogen) atoms. The van der Waals surface area contributed by atoms with Gasteiger partial charge in [0, 0.05) is 11.2 Å². The Morgan fingerprint density at radius 3 is 2.55 bits per heavy atom. The Morgan fingerprint density at radius 1 is 1.25 bits per heavy atom. The summed E-state index contributed by atoms with van der Waals surface area (Å²) in [6, 6.07) is 7.58. The molecule has 0 saturated carbocycles. The van der Waals surface area contributed by atoms with E-state index in [1.165, 1.54) is 0 Å². The molecule has 2 rings (SSSR count). The monoisotopic (exact) mass is 276 g/mol. The van der Waals surface area contributed by atoms with Crippen LogP contribution in [0.15, 0.2) is 24.3 Å². The molecule has 0 bridgehead atoms. The fourth-order valence-electron chi connectivity index (χ4n) is 2.26. The van der Waals surface area contributed by atoms with Crippen LogP contribution < -0.4 is 10.6 Å². The fourth-order valence-corrected chi connectivity index (χ4v) is 2.26. The lowest BCUT2D eigenvalue weighted by atomic mass is 9.85. The largest absolute Gasteiger partial charge is 0.389 e. The van der Waals surface area contributed by atoms with Crippen LogP contribution in [-0.4, -0.2) is 28.2 Å². The van der Waals surface area contributed by atoms with E-state index in [0.717, 1.165) is 24.1 Å². The summed E-state index contributed by atoms with van der Waals surface area (Å²) in [5, 5.41) is 16.5. The van der Waals surface area contributed by atoms with Gasteiger partial charge in [-0.3, -0.25) is 10.1 Å². The van der Waals surface area contributed by atoms with Crippen molar-refractivity contribution < 1.29 is 9.90 Å². The Kier molecular flexibility index (Phi) is 3.89. The van der Waals surface area contributed by atoms with Gasteiger partial charge in [-0.2, -0.15) is 0 Å². The summed E-state index contributed by atoms with van der Waals surface area (Å²) in [4.78, 5) is 12.3. The van der Waals surface area contributed by atoms with Crippen LogP contribution in [0.1, 0.15) is 39.7 Å². The lowest BCUT2D eigenvalue weighted by Gasteiger charge is -2.40. The van der Waals surface area contributed by atoms with Crippen molar-refractivity contribution in [3.05, 3.63) is 29.8 Å². The zero-order valence-electron chi connectivity index (χ0n) is 12.7. The van der Waals surface area contributed by atoms with Crippen molar-refractivity contribution in [1.29, 1.82) is 0 Å². The second-order valence-electron chi connectivity index (χ2n) is 6.57. The van der Waals surface area contributed by atoms with Crippen LogP contribution in [0.3, 0.4) is 0 Å². The highest BCUT2D eigenvalue weighted by molar-refractivity contribution is 5.96. The summed E-state index contributed by atoms with van der Waals surface area (Å²) >= 11 is 0. The van der Waals surface area contributed by atoms with Crippen molar-refractivity contribution in [2.45, 2.75) is 57.7 Å². The predicted molar refractivity (Wildman–Crippen MR) is 80.7 cm³/mol. The van der Waals surface area contributed by atoms with E-state index < -0.39 is 11.1 Å². The van der Waals surface area contributed by atoms with Gasteiger partial charge in [0.15, 0.2) is 0 Å². The van der Waals surface area contributed by atoms with Crippen molar-refractivity contribution in [3.8, 4) is 0 Å². The summed E-state index contributed by atoms with van der Waals surface area (Å²) in [7, 11) is 0. The lowest BCUT2D eigenvalue weighted by molar-refractivity contribution is -0.119. The first-order chi connectivity index (χ1) is 9.21. The molecule has 1 heterocycles. The molecule has 0 radical (unpaired) electrons.